The number of nitrogens with one attached hydrogen (secondary N) is 1. The van der Waals surface area contributed by atoms with Crippen LogP contribution in [0.4, 0.5) is 0 Å². The number of aromatic nitrogens is 1. The van der Waals surface area contributed by atoms with E-state index < -0.39 is 0 Å². The van der Waals surface area contributed by atoms with Crippen LogP contribution in [0.1, 0.15) is 31.5 Å². The van der Waals surface area contributed by atoms with Crippen LogP contribution in [-0.2, 0) is 16.1 Å². The van der Waals surface area contributed by atoms with Gasteiger partial charge in [0, 0.05) is 7.11 Å². The highest BCUT2D eigenvalue weighted by Gasteiger charge is 2.10. The molecule has 1 aromatic rings. The molecule has 5 nitrogen and oxygen atoms in total. The molecule has 0 aliphatic carbocycles. The van der Waals surface area contributed by atoms with Gasteiger partial charge in [0.05, 0.1) is 25.5 Å². The van der Waals surface area contributed by atoms with Gasteiger partial charge in [-0.05, 0) is 13.5 Å². The smallest absolute Gasteiger partial charge is 0.211 e. The van der Waals surface area contributed by atoms with Crippen LogP contribution >= 0.6 is 0 Å². The van der Waals surface area contributed by atoms with Gasteiger partial charge in [0.1, 0.15) is 12.4 Å². The molecule has 0 bridgehead atoms. The van der Waals surface area contributed by atoms with Crippen molar-refractivity contribution >= 4 is 0 Å². The maximum atomic E-state index is 5.54. The molecule has 0 radical (unpaired) electrons. The zero-order chi connectivity index (χ0) is 11.8. The van der Waals surface area contributed by atoms with Gasteiger partial charge in [-0.1, -0.05) is 6.92 Å². The number of methoxy groups -OCH3 is 1. The lowest BCUT2D eigenvalue weighted by Gasteiger charge is -2.06. The van der Waals surface area contributed by atoms with Gasteiger partial charge in [-0.3, -0.25) is 0 Å². The number of hydrogen-bond donors (Lipinski definition) is 1. The molecular formula is C11H20N2O3. The van der Waals surface area contributed by atoms with E-state index in [1.807, 2.05) is 13.8 Å². The third-order valence-corrected chi connectivity index (χ3v) is 2.13. The Kier molecular flexibility index (Phi) is 6.07. The summed E-state index contributed by atoms with van der Waals surface area (Å²) in [5, 5.41) is 3.23. The molecule has 1 N–H and O–H groups in total. The van der Waals surface area contributed by atoms with Crippen LogP contribution in [0.25, 0.3) is 0 Å². The molecule has 0 spiro atoms. The highest BCUT2D eigenvalue weighted by Crippen LogP contribution is 2.12. The number of nitrogens with zero attached hydrogens (tertiary/aromatic N) is 1. The summed E-state index contributed by atoms with van der Waals surface area (Å²) in [6.45, 7) is 6.56. The van der Waals surface area contributed by atoms with Crippen molar-refractivity contribution in [1.29, 1.82) is 0 Å². The second-order valence-corrected chi connectivity index (χ2v) is 3.49. The van der Waals surface area contributed by atoms with Crippen LogP contribution in [0.15, 0.2) is 10.6 Å². The average Bonchev–Trinajstić information content (AvgIpc) is 2.73. The second kappa shape index (κ2) is 7.38. The normalized spacial score (nSPS) is 12.9. The van der Waals surface area contributed by atoms with Gasteiger partial charge >= 0.3 is 0 Å². The lowest BCUT2D eigenvalue weighted by atomic mass is 10.3. The molecular weight excluding hydrogens is 208 g/mol. The minimum atomic E-state index is 0.137. The Bertz CT molecular complexity index is 289. The highest BCUT2D eigenvalue weighted by molar-refractivity contribution is 4.96. The average molecular weight is 228 g/mol. The molecule has 0 saturated heterocycles. The van der Waals surface area contributed by atoms with E-state index in [1.165, 1.54) is 0 Å². The van der Waals surface area contributed by atoms with E-state index in [9.17, 15) is 0 Å². The standard InChI is InChI=1S/C11H20N2O3/c1-4-12-9(2)11-13-7-10(16-11)8-15-6-5-14-3/h7,9,12H,4-6,8H2,1-3H3. The van der Waals surface area contributed by atoms with Gasteiger partial charge in [0.15, 0.2) is 0 Å². The molecule has 1 aromatic heterocycles. The first-order chi connectivity index (χ1) is 7.77. The van der Waals surface area contributed by atoms with Crippen LogP contribution < -0.4 is 5.32 Å². The molecule has 0 fully saturated rings. The van der Waals surface area contributed by atoms with E-state index in [0.717, 1.165) is 12.3 Å². The fourth-order valence-corrected chi connectivity index (χ4v) is 1.30. The number of hydrogen-bond acceptors (Lipinski definition) is 5. The summed E-state index contributed by atoms with van der Waals surface area (Å²) in [6, 6.07) is 0.137. The number of rotatable bonds is 8. The third-order valence-electron chi connectivity index (χ3n) is 2.13. The minimum absolute atomic E-state index is 0.137. The molecule has 1 rings (SSSR count). The number of oxazole rings is 1. The summed E-state index contributed by atoms with van der Waals surface area (Å²) >= 11 is 0. The topological polar surface area (TPSA) is 56.5 Å². The summed E-state index contributed by atoms with van der Waals surface area (Å²) in [5.74, 6) is 1.45. The van der Waals surface area contributed by atoms with Gasteiger partial charge in [0.25, 0.3) is 0 Å². The van der Waals surface area contributed by atoms with Crippen molar-refractivity contribution in [3.8, 4) is 0 Å². The molecule has 0 aliphatic heterocycles. The molecule has 1 atom stereocenters. The lowest BCUT2D eigenvalue weighted by molar-refractivity contribution is 0.0531. The van der Waals surface area contributed by atoms with E-state index in [1.54, 1.807) is 13.3 Å². The van der Waals surface area contributed by atoms with Crippen molar-refractivity contribution < 1.29 is 13.9 Å². The fourth-order valence-electron chi connectivity index (χ4n) is 1.30. The van der Waals surface area contributed by atoms with E-state index in [2.05, 4.69) is 10.3 Å². The van der Waals surface area contributed by atoms with Gasteiger partial charge in [-0.25, -0.2) is 4.98 Å². The Morgan fingerprint density at radius 1 is 1.50 bits per heavy atom. The summed E-state index contributed by atoms with van der Waals surface area (Å²) in [6.07, 6.45) is 1.70. The van der Waals surface area contributed by atoms with Crippen molar-refractivity contribution in [3.05, 3.63) is 17.8 Å². The molecule has 0 amide bonds. The van der Waals surface area contributed by atoms with Gasteiger partial charge in [0.2, 0.25) is 5.89 Å². The molecule has 5 heteroatoms. The Hall–Kier alpha value is -0.910. The lowest BCUT2D eigenvalue weighted by Crippen LogP contribution is -2.17. The molecule has 0 aromatic carbocycles. The predicted octanol–water partition coefficient (Wildman–Crippen LogP) is 1.51. The maximum Gasteiger partial charge on any atom is 0.211 e. The minimum Gasteiger partial charge on any atom is -0.442 e. The summed E-state index contributed by atoms with van der Waals surface area (Å²) < 4.78 is 15.7. The number of ether oxygens (including phenoxy) is 2. The Balaban J connectivity index is 2.33. The Morgan fingerprint density at radius 2 is 2.31 bits per heavy atom. The van der Waals surface area contributed by atoms with Crippen molar-refractivity contribution in [2.75, 3.05) is 26.9 Å². The summed E-state index contributed by atoms with van der Waals surface area (Å²) in [5.41, 5.74) is 0. The first kappa shape index (κ1) is 13.2. The van der Waals surface area contributed by atoms with E-state index in [4.69, 9.17) is 13.9 Å². The van der Waals surface area contributed by atoms with Gasteiger partial charge in [-0.15, -0.1) is 0 Å². The van der Waals surface area contributed by atoms with Crippen LogP contribution in [0.5, 0.6) is 0 Å². The molecule has 0 aliphatic rings. The third kappa shape index (κ3) is 4.30. The van der Waals surface area contributed by atoms with Crippen LogP contribution in [0.2, 0.25) is 0 Å². The zero-order valence-corrected chi connectivity index (χ0v) is 10.2. The summed E-state index contributed by atoms with van der Waals surface area (Å²) in [7, 11) is 1.65. The van der Waals surface area contributed by atoms with Gasteiger partial charge < -0.3 is 19.2 Å². The van der Waals surface area contributed by atoms with Crippen molar-refractivity contribution in [2.24, 2.45) is 0 Å². The molecule has 1 heterocycles. The first-order valence-electron chi connectivity index (χ1n) is 5.52. The van der Waals surface area contributed by atoms with Crippen molar-refractivity contribution in [1.82, 2.24) is 10.3 Å². The molecule has 0 saturated carbocycles. The Labute approximate surface area is 96.1 Å². The molecule has 1 unspecified atom stereocenters. The zero-order valence-electron chi connectivity index (χ0n) is 10.2. The van der Waals surface area contributed by atoms with Crippen molar-refractivity contribution in [3.63, 3.8) is 0 Å². The molecule has 16 heavy (non-hydrogen) atoms. The fraction of sp³-hybridized carbons (Fsp3) is 0.727. The van der Waals surface area contributed by atoms with Crippen LogP contribution in [0, 0.1) is 0 Å². The monoisotopic (exact) mass is 228 g/mol. The van der Waals surface area contributed by atoms with Crippen LogP contribution in [-0.4, -0.2) is 31.9 Å². The second-order valence-electron chi connectivity index (χ2n) is 3.49. The first-order valence-corrected chi connectivity index (χ1v) is 5.52. The maximum absolute atomic E-state index is 5.54. The largest absolute Gasteiger partial charge is 0.442 e. The van der Waals surface area contributed by atoms with Gasteiger partial charge in [-0.2, -0.15) is 0 Å². The Morgan fingerprint density at radius 3 is 3.00 bits per heavy atom. The van der Waals surface area contributed by atoms with E-state index in [-0.39, 0.29) is 6.04 Å². The van der Waals surface area contributed by atoms with E-state index >= 15 is 0 Å². The summed E-state index contributed by atoms with van der Waals surface area (Å²) in [4.78, 5) is 4.19. The van der Waals surface area contributed by atoms with E-state index in [0.29, 0.717) is 25.7 Å². The highest BCUT2D eigenvalue weighted by atomic mass is 16.5. The quantitative estimate of drug-likeness (QED) is 0.683. The predicted molar refractivity (Wildman–Crippen MR) is 60.1 cm³/mol. The van der Waals surface area contributed by atoms with Crippen LogP contribution in [0.3, 0.4) is 0 Å². The SMILES string of the molecule is CCNC(C)c1ncc(COCCOC)o1. The molecule has 92 valence electrons. The van der Waals surface area contributed by atoms with Crippen molar-refractivity contribution in [2.45, 2.75) is 26.5 Å².